The highest BCUT2D eigenvalue weighted by Crippen LogP contribution is 2.25. The van der Waals surface area contributed by atoms with E-state index in [1.807, 2.05) is 0 Å². The molecule has 0 radical (unpaired) electrons. The van der Waals surface area contributed by atoms with Crippen LogP contribution in [0, 0.1) is 23.4 Å². The minimum absolute atomic E-state index is 0.00982. The van der Waals surface area contributed by atoms with Crippen molar-refractivity contribution >= 4 is 11.7 Å². The molecule has 0 saturated carbocycles. The average molecular weight is 328 g/mol. The molecule has 1 heterocycles. The first-order valence-corrected chi connectivity index (χ1v) is 7.55. The Bertz CT molecular complexity index is 576. The van der Waals surface area contributed by atoms with Gasteiger partial charge in [0.15, 0.2) is 5.78 Å². The number of nitrogens with one attached hydrogen (secondary N) is 1. The molecule has 0 bridgehead atoms. The number of hydrogen-bond donors (Lipinski definition) is 1. The Labute approximate surface area is 132 Å². The minimum atomic E-state index is -1.18. The molecule has 126 valence electrons. The van der Waals surface area contributed by atoms with E-state index in [9.17, 15) is 22.8 Å². The topological polar surface area (TPSA) is 49.4 Å². The van der Waals surface area contributed by atoms with Crippen LogP contribution in [0.4, 0.5) is 13.2 Å². The van der Waals surface area contributed by atoms with E-state index >= 15 is 0 Å². The van der Waals surface area contributed by atoms with Crippen molar-refractivity contribution in [2.45, 2.75) is 19.3 Å². The maximum atomic E-state index is 13.7. The summed E-state index contributed by atoms with van der Waals surface area (Å²) in [6.45, 7) is 1.33. The standard InChI is InChI=1S/C16H19F3N2O2/c1-20-5-2-14(22)21-6-3-10(4-7-21)16(23)15-12(18)8-11(17)9-13(15)19/h8-10,20H,2-7H2,1H3. The molecule has 23 heavy (non-hydrogen) atoms. The molecular weight excluding hydrogens is 309 g/mol. The van der Waals surface area contributed by atoms with Crippen molar-refractivity contribution in [2.75, 3.05) is 26.7 Å². The fourth-order valence-electron chi connectivity index (χ4n) is 2.76. The molecule has 1 aromatic rings. The Balaban J connectivity index is 2.00. The molecular formula is C16H19F3N2O2. The maximum absolute atomic E-state index is 13.7. The van der Waals surface area contributed by atoms with Crippen LogP contribution in [0.1, 0.15) is 29.6 Å². The predicted octanol–water partition coefficient (Wildman–Crippen LogP) is 2.13. The number of nitrogens with zero attached hydrogens (tertiary/aromatic N) is 1. The second kappa shape index (κ2) is 7.59. The molecule has 7 heteroatoms. The van der Waals surface area contributed by atoms with Crippen molar-refractivity contribution in [3.8, 4) is 0 Å². The number of halogens is 3. The highest BCUT2D eigenvalue weighted by molar-refractivity contribution is 5.98. The van der Waals surface area contributed by atoms with Crippen LogP contribution in [0.5, 0.6) is 0 Å². The Morgan fingerprint density at radius 3 is 2.26 bits per heavy atom. The van der Waals surface area contributed by atoms with Gasteiger partial charge in [-0.05, 0) is 19.9 Å². The molecule has 1 aliphatic heterocycles. The van der Waals surface area contributed by atoms with Gasteiger partial charge in [0.1, 0.15) is 17.5 Å². The molecule has 1 N–H and O–H groups in total. The van der Waals surface area contributed by atoms with Crippen molar-refractivity contribution < 1.29 is 22.8 Å². The number of piperidine rings is 1. The fraction of sp³-hybridized carbons (Fsp3) is 0.500. The van der Waals surface area contributed by atoms with Gasteiger partial charge < -0.3 is 10.2 Å². The second-order valence-corrected chi connectivity index (χ2v) is 5.62. The average Bonchev–Trinajstić information content (AvgIpc) is 2.51. The molecule has 4 nitrogen and oxygen atoms in total. The van der Waals surface area contributed by atoms with Crippen molar-refractivity contribution in [1.29, 1.82) is 0 Å². The first-order valence-electron chi connectivity index (χ1n) is 7.55. The molecule has 0 atom stereocenters. The van der Waals surface area contributed by atoms with E-state index in [1.54, 1.807) is 11.9 Å². The Morgan fingerprint density at radius 2 is 1.74 bits per heavy atom. The lowest BCUT2D eigenvalue weighted by atomic mass is 9.88. The van der Waals surface area contributed by atoms with Crippen LogP contribution in [0.3, 0.4) is 0 Å². The van der Waals surface area contributed by atoms with E-state index in [2.05, 4.69) is 5.32 Å². The zero-order valence-corrected chi connectivity index (χ0v) is 12.9. The zero-order valence-electron chi connectivity index (χ0n) is 12.9. The van der Waals surface area contributed by atoms with E-state index in [1.165, 1.54) is 0 Å². The molecule has 1 amide bonds. The summed E-state index contributed by atoms with van der Waals surface area (Å²) in [6, 6.07) is 1.01. The van der Waals surface area contributed by atoms with Crippen LogP contribution < -0.4 is 5.32 Å². The highest BCUT2D eigenvalue weighted by atomic mass is 19.1. The van der Waals surface area contributed by atoms with E-state index in [0.717, 1.165) is 0 Å². The van der Waals surface area contributed by atoms with Crippen molar-refractivity contribution in [3.05, 3.63) is 35.1 Å². The van der Waals surface area contributed by atoms with Gasteiger partial charge in [0.25, 0.3) is 0 Å². The third kappa shape index (κ3) is 4.10. The van der Waals surface area contributed by atoms with E-state index in [4.69, 9.17) is 0 Å². The number of carbonyl (C=O) groups excluding carboxylic acids is 2. The molecule has 0 aliphatic carbocycles. The number of ketones is 1. The highest BCUT2D eigenvalue weighted by Gasteiger charge is 2.31. The van der Waals surface area contributed by atoms with Gasteiger partial charge in [0.2, 0.25) is 5.91 Å². The summed E-state index contributed by atoms with van der Waals surface area (Å²) in [5.41, 5.74) is -0.689. The summed E-state index contributed by atoms with van der Waals surface area (Å²) in [5.74, 6) is -4.65. The largest absolute Gasteiger partial charge is 0.343 e. The Kier molecular flexibility index (Phi) is 5.76. The van der Waals surface area contributed by atoms with Crippen LogP contribution in [-0.2, 0) is 4.79 Å². The van der Waals surface area contributed by atoms with Crippen molar-refractivity contribution in [2.24, 2.45) is 5.92 Å². The van der Waals surface area contributed by atoms with Crippen molar-refractivity contribution in [3.63, 3.8) is 0 Å². The van der Waals surface area contributed by atoms with Crippen LogP contribution in [-0.4, -0.2) is 43.3 Å². The van der Waals surface area contributed by atoms with Gasteiger partial charge in [0.05, 0.1) is 5.56 Å². The Hall–Kier alpha value is -1.89. The third-order valence-corrected chi connectivity index (χ3v) is 4.06. The number of rotatable bonds is 5. The van der Waals surface area contributed by atoms with Gasteiger partial charge in [-0.1, -0.05) is 0 Å². The molecule has 1 fully saturated rings. The van der Waals surface area contributed by atoms with Gasteiger partial charge >= 0.3 is 0 Å². The monoisotopic (exact) mass is 328 g/mol. The number of hydrogen-bond acceptors (Lipinski definition) is 3. The quantitative estimate of drug-likeness (QED) is 0.843. The first-order chi connectivity index (χ1) is 10.9. The summed E-state index contributed by atoms with van der Waals surface area (Å²) in [4.78, 5) is 25.8. The number of likely N-dealkylation sites (tertiary alicyclic amines) is 1. The molecule has 0 spiro atoms. The second-order valence-electron chi connectivity index (χ2n) is 5.62. The lowest BCUT2D eigenvalue weighted by Gasteiger charge is -2.31. The lowest BCUT2D eigenvalue weighted by molar-refractivity contribution is -0.132. The number of amides is 1. The van der Waals surface area contributed by atoms with Gasteiger partial charge in [-0.25, -0.2) is 13.2 Å². The molecule has 1 aromatic carbocycles. The molecule has 2 rings (SSSR count). The Morgan fingerprint density at radius 1 is 1.17 bits per heavy atom. The summed E-state index contributed by atoms with van der Waals surface area (Å²) in [7, 11) is 1.75. The molecule has 1 saturated heterocycles. The predicted molar refractivity (Wildman–Crippen MR) is 78.5 cm³/mol. The maximum Gasteiger partial charge on any atom is 0.223 e. The van der Waals surface area contributed by atoms with E-state index in [-0.39, 0.29) is 5.91 Å². The van der Waals surface area contributed by atoms with Gasteiger partial charge in [-0.15, -0.1) is 0 Å². The first kappa shape index (κ1) is 17.5. The normalized spacial score (nSPS) is 15.7. The van der Waals surface area contributed by atoms with Crippen LogP contribution in [0.25, 0.3) is 0 Å². The van der Waals surface area contributed by atoms with E-state index < -0.39 is 34.7 Å². The molecule has 1 aliphatic rings. The van der Waals surface area contributed by atoms with Gasteiger partial charge in [-0.3, -0.25) is 9.59 Å². The van der Waals surface area contributed by atoms with Crippen LogP contribution >= 0.6 is 0 Å². The molecule has 0 unspecified atom stereocenters. The molecule has 0 aromatic heterocycles. The summed E-state index contributed by atoms with van der Waals surface area (Å²) < 4.78 is 40.3. The van der Waals surface area contributed by atoms with E-state index in [0.29, 0.717) is 51.0 Å². The smallest absolute Gasteiger partial charge is 0.223 e. The van der Waals surface area contributed by atoms with Crippen molar-refractivity contribution in [1.82, 2.24) is 10.2 Å². The minimum Gasteiger partial charge on any atom is -0.343 e. The van der Waals surface area contributed by atoms with Gasteiger partial charge in [-0.2, -0.15) is 0 Å². The summed E-state index contributed by atoms with van der Waals surface area (Å²) in [5, 5.41) is 2.89. The summed E-state index contributed by atoms with van der Waals surface area (Å²) >= 11 is 0. The number of carbonyl (C=O) groups is 2. The van der Waals surface area contributed by atoms with Crippen LogP contribution in [0.2, 0.25) is 0 Å². The number of Topliss-reactive ketones (excluding diaryl/α,β-unsaturated/α-hetero) is 1. The van der Waals surface area contributed by atoms with Crippen LogP contribution in [0.15, 0.2) is 12.1 Å². The summed E-state index contributed by atoms with van der Waals surface area (Å²) in [6.07, 6.45) is 1.07. The SMILES string of the molecule is CNCCC(=O)N1CCC(C(=O)c2c(F)cc(F)cc2F)CC1. The third-order valence-electron chi connectivity index (χ3n) is 4.06. The van der Waals surface area contributed by atoms with Gasteiger partial charge in [0, 0.05) is 44.1 Å². The lowest BCUT2D eigenvalue weighted by Crippen LogP contribution is -2.41. The fourth-order valence-corrected chi connectivity index (χ4v) is 2.76. The number of benzene rings is 1. The zero-order chi connectivity index (χ0) is 17.0.